The van der Waals surface area contributed by atoms with Crippen molar-refractivity contribution < 1.29 is 9.84 Å². The lowest BCUT2D eigenvalue weighted by Gasteiger charge is -2.02. The Kier molecular flexibility index (Phi) is 4.18. The largest absolute Gasteiger partial charge is 0.396 e. The zero-order valence-electron chi connectivity index (χ0n) is 9.34. The van der Waals surface area contributed by atoms with Crippen molar-refractivity contribution >= 4 is 8.07 Å². The molecule has 1 aliphatic rings. The normalized spacial score (nSPS) is 25.4. The van der Waals surface area contributed by atoms with Crippen LogP contribution in [0.3, 0.4) is 0 Å². The van der Waals surface area contributed by atoms with Crippen molar-refractivity contribution in [2.45, 2.75) is 51.1 Å². The van der Waals surface area contributed by atoms with Crippen LogP contribution in [0, 0.1) is 11.5 Å². The fourth-order valence-electron chi connectivity index (χ4n) is 1.23. The average molecular weight is 212 g/mol. The molecule has 0 radical (unpaired) electrons. The van der Waals surface area contributed by atoms with Gasteiger partial charge in [0.1, 0.15) is 14.2 Å². The third kappa shape index (κ3) is 4.80. The maximum atomic E-state index is 8.61. The minimum Gasteiger partial charge on any atom is -0.396 e. The van der Waals surface area contributed by atoms with E-state index in [0.29, 0.717) is 6.10 Å². The van der Waals surface area contributed by atoms with Crippen LogP contribution in [0.1, 0.15) is 19.3 Å². The van der Waals surface area contributed by atoms with Crippen molar-refractivity contribution in [3.05, 3.63) is 0 Å². The summed E-state index contributed by atoms with van der Waals surface area (Å²) < 4.78 is 5.43. The highest BCUT2D eigenvalue weighted by molar-refractivity contribution is 6.83. The summed E-state index contributed by atoms with van der Waals surface area (Å²) in [5.74, 6) is 3.20. The highest BCUT2D eigenvalue weighted by Gasteiger charge is 2.36. The van der Waals surface area contributed by atoms with Gasteiger partial charge >= 0.3 is 0 Å². The van der Waals surface area contributed by atoms with Gasteiger partial charge in [0.25, 0.3) is 0 Å². The summed E-state index contributed by atoms with van der Waals surface area (Å²) in [5.41, 5.74) is 3.32. The maximum Gasteiger partial charge on any atom is 0.144 e. The van der Waals surface area contributed by atoms with E-state index < -0.39 is 8.07 Å². The molecule has 0 aromatic rings. The Morgan fingerprint density at radius 2 is 2.00 bits per heavy atom. The van der Waals surface area contributed by atoms with Crippen molar-refractivity contribution in [3.8, 4) is 11.5 Å². The quantitative estimate of drug-likeness (QED) is 0.333. The lowest BCUT2D eigenvalue weighted by atomic mass is 10.1. The van der Waals surface area contributed by atoms with Crippen LogP contribution in [0.2, 0.25) is 19.6 Å². The van der Waals surface area contributed by atoms with E-state index in [1.54, 1.807) is 0 Å². The third-order valence-electron chi connectivity index (χ3n) is 2.07. The molecule has 3 heteroatoms. The minimum atomic E-state index is -1.23. The maximum absolute atomic E-state index is 8.61. The molecule has 2 nitrogen and oxygen atoms in total. The fraction of sp³-hybridized carbons (Fsp3) is 0.818. The van der Waals surface area contributed by atoms with E-state index in [0.717, 1.165) is 19.3 Å². The summed E-state index contributed by atoms with van der Waals surface area (Å²) in [4.78, 5) is 0. The zero-order valence-corrected chi connectivity index (χ0v) is 10.3. The molecule has 0 aromatic heterocycles. The van der Waals surface area contributed by atoms with Crippen LogP contribution in [0.5, 0.6) is 0 Å². The summed E-state index contributed by atoms with van der Waals surface area (Å²) in [5, 5.41) is 8.61. The van der Waals surface area contributed by atoms with Gasteiger partial charge in [-0.05, 0) is 19.3 Å². The molecule has 0 aromatic carbocycles. The molecule has 2 atom stereocenters. The summed E-state index contributed by atoms with van der Waals surface area (Å²) >= 11 is 0. The number of unbranched alkanes of at least 4 members (excludes halogenated alkanes) is 1. The number of epoxide rings is 1. The molecule has 0 spiro atoms. The van der Waals surface area contributed by atoms with Crippen molar-refractivity contribution in [2.75, 3.05) is 6.61 Å². The number of hydrogen-bond donors (Lipinski definition) is 1. The molecular formula is C11H20O2Si. The van der Waals surface area contributed by atoms with Crippen LogP contribution in [0.4, 0.5) is 0 Å². The highest BCUT2D eigenvalue weighted by Crippen LogP contribution is 2.26. The molecule has 1 fully saturated rings. The van der Waals surface area contributed by atoms with E-state index in [2.05, 4.69) is 31.1 Å². The van der Waals surface area contributed by atoms with Gasteiger partial charge < -0.3 is 9.84 Å². The van der Waals surface area contributed by atoms with Crippen molar-refractivity contribution in [3.63, 3.8) is 0 Å². The molecule has 1 aliphatic heterocycles. The molecule has 0 amide bonds. The second-order valence-corrected chi connectivity index (χ2v) is 9.58. The summed E-state index contributed by atoms with van der Waals surface area (Å²) in [6.45, 7) is 7.01. The van der Waals surface area contributed by atoms with Gasteiger partial charge in [0.2, 0.25) is 0 Å². The van der Waals surface area contributed by atoms with Crippen molar-refractivity contribution in [2.24, 2.45) is 0 Å². The predicted molar refractivity (Wildman–Crippen MR) is 60.7 cm³/mol. The van der Waals surface area contributed by atoms with Gasteiger partial charge in [-0.15, -0.1) is 5.54 Å². The van der Waals surface area contributed by atoms with Crippen LogP contribution < -0.4 is 0 Å². The Bertz CT molecular complexity index is 234. The van der Waals surface area contributed by atoms with Gasteiger partial charge in [-0.2, -0.15) is 0 Å². The average Bonchev–Trinajstić information content (AvgIpc) is 2.80. The van der Waals surface area contributed by atoms with E-state index in [-0.39, 0.29) is 12.7 Å². The first-order valence-electron chi connectivity index (χ1n) is 5.32. The molecular weight excluding hydrogens is 192 g/mol. The number of ether oxygens (including phenoxy) is 1. The number of aliphatic hydroxyl groups is 1. The lowest BCUT2D eigenvalue weighted by molar-refractivity contribution is 0.278. The molecule has 0 saturated carbocycles. The second-order valence-electron chi connectivity index (χ2n) is 4.83. The van der Waals surface area contributed by atoms with Gasteiger partial charge in [0.15, 0.2) is 0 Å². The summed E-state index contributed by atoms with van der Waals surface area (Å²) in [7, 11) is -1.23. The second kappa shape index (κ2) is 4.97. The number of aliphatic hydroxyl groups excluding tert-OH is 1. The Morgan fingerprint density at radius 1 is 1.29 bits per heavy atom. The Hall–Kier alpha value is -0.303. The van der Waals surface area contributed by atoms with Crippen LogP contribution in [-0.4, -0.2) is 32.0 Å². The molecule has 14 heavy (non-hydrogen) atoms. The van der Waals surface area contributed by atoms with Crippen LogP contribution in [0.15, 0.2) is 0 Å². The molecule has 1 rings (SSSR count). The standard InChI is InChI=1S/C11H20O2Si/c1-14(2,3)9-7-11-10(13-11)6-4-5-8-12/h10-12H,4-6,8H2,1-3H3/t10-,11+/m1/s1. The Labute approximate surface area is 87.7 Å². The third-order valence-corrected chi connectivity index (χ3v) is 2.96. The van der Waals surface area contributed by atoms with Gasteiger partial charge in [0, 0.05) is 6.61 Å². The number of rotatable bonds is 4. The lowest BCUT2D eigenvalue weighted by Crippen LogP contribution is -2.16. The minimum absolute atomic E-state index is 0.195. The van der Waals surface area contributed by atoms with Gasteiger partial charge in [-0.25, -0.2) is 0 Å². The van der Waals surface area contributed by atoms with Crippen molar-refractivity contribution in [1.82, 2.24) is 0 Å². The number of hydrogen-bond acceptors (Lipinski definition) is 2. The van der Waals surface area contributed by atoms with Gasteiger partial charge in [-0.1, -0.05) is 25.6 Å². The SMILES string of the molecule is C[Si](C)(C)C#C[C@@H]1O[C@@H]1CCCCO. The van der Waals surface area contributed by atoms with E-state index in [1.807, 2.05) is 0 Å². The Balaban J connectivity index is 2.16. The van der Waals surface area contributed by atoms with E-state index in [9.17, 15) is 0 Å². The van der Waals surface area contributed by atoms with E-state index in [4.69, 9.17) is 9.84 Å². The fourth-order valence-corrected chi connectivity index (χ4v) is 1.81. The molecule has 1 heterocycles. The van der Waals surface area contributed by atoms with E-state index >= 15 is 0 Å². The summed E-state index contributed by atoms with van der Waals surface area (Å²) in [6, 6.07) is 0. The molecule has 0 aliphatic carbocycles. The Morgan fingerprint density at radius 3 is 2.57 bits per heavy atom. The monoisotopic (exact) mass is 212 g/mol. The zero-order chi connectivity index (χ0) is 10.6. The highest BCUT2D eigenvalue weighted by atomic mass is 28.3. The first-order valence-corrected chi connectivity index (χ1v) is 8.82. The van der Waals surface area contributed by atoms with Gasteiger partial charge in [0.05, 0.1) is 6.10 Å². The van der Waals surface area contributed by atoms with Crippen molar-refractivity contribution in [1.29, 1.82) is 0 Å². The first kappa shape index (κ1) is 11.8. The molecule has 0 unspecified atom stereocenters. The smallest absolute Gasteiger partial charge is 0.144 e. The van der Waals surface area contributed by atoms with Crippen LogP contribution in [-0.2, 0) is 4.74 Å². The topological polar surface area (TPSA) is 32.8 Å². The molecule has 1 N–H and O–H groups in total. The molecule has 0 bridgehead atoms. The first-order chi connectivity index (χ1) is 6.53. The summed E-state index contributed by atoms with van der Waals surface area (Å²) in [6.07, 6.45) is 3.53. The van der Waals surface area contributed by atoms with Crippen LogP contribution >= 0.6 is 0 Å². The van der Waals surface area contributed by atoms with Crippen LogP contribution in [0.25, 0.3) is 0 Å². The molecule has 80 valence electrons. The predicted octanol–water partition coefficient (Wildman–Crippen LogP) is 1.80. The van der Waals surface area contributed by atoms with E-state index in [1.165, 1.54) is 0 Å². The van der Waals surface area contributed by atoms with Gasteiger partial charge in [-0.3, -0.25) is 0 Å². The molecule has 1 saturated heterocycles.